The first-order valence-electron chi connectivity index (χ1n) is 7.88. The fourth-order valence-electron chi connectivity index (χ4n) is 2.45. The van der Waals surface area contributed by atoms with E-state index in [9.17, 15) is 4.79 Å². The SMILES string of the molecule is CCN(C(=O)CCNc1ccc(C)c(Cl)c1)c1cccc(C)c1. The minimum absolute atomic E-state index is 0.115. The number of anilines is 2. The maximum absolute atomic E-state index is 12.5. The van der Waals surface area contributed by atoms with Gasteiger partial charge in [-0.3, -0.25) is 4.79 Å². The summed E-state index contributed by atoms with van der Waals surface area (Å²) in [6, 6.07) is 13.9. The molecule has 0 bridgehead atoms. The first-order valence-corrected chi connectivity index (χ1v) is 8.26. The van der Waals surface area contributed by atoms with Gasteiger partial charge in [0.1, 0.15) is 0 Å². The van der Waals surface area contributed by atoms with Crippen LogP contribution in [0.4, 0.5) is 11.4 Å². The van der Waals surface area contributed by atoms with Crippen LogP contribution in [0.15, 0.2) is 42.5 Å². The van der Waals surface area contributed by atoms with Gasteiger partial charge in [0.2, 0.25) is 5.91 Å². The summed E-state index contributed by atoms with van der Waals surface area (Å²) in [4.78, 5) is 14.3. The van der Waals surface area contributed by atoms with Gasteiger partial charge in [-0.15, -0.1) is 0 Å². The average molecular weight is 331 g/mol. The molecule has 0 spiro atoms. The number of amides is 1. The third kappa shape index (κ3) is 4.73. The van der Waals surface area contributed by atoms with E-state index in [1.54, 1.807) is 0 Å². The van der Waals surface area contributed by atoms with Crippen molar-refractivity contribution in [1.29, 1.82) is 0 Å². The van der Waals surface area contributed by atoms with Gasteiger partial charge < -0.3 is 10.2 Å². The van der Waals surface area contributed by atoms with Crippen LogP contribution in [0.2, 0.25) is 5.02 Å². The lowest BCUT2D eigenvalue weighted by Crippen LogP contribution is -2.31. The molecule has 2 aromatic rings. The second kappa shape index (κ2) is 8.02. The van der Waals surface area contributed by atoms with Crippen LogP contribution in [0.25, 0.3) is 0 Å². The number of rotatable bonds is 6. The fourth-order valence-corrected chi connectivity index (χ4v) is 2.63. The van der Waals surface area contributed by atoms with Crippen LogP contribution in [0.3, 0.4) is 0 Å². The van der Waals surface area contributed by atoms with Gasteiger partial charge in [-0.2, -0.15) is 0 Å². The topological polar surface area (TPSA) is 32.3 Å². The summed E-state index contributed by atoms with van der Waals surface area (Å²) in [5.74, 6) is 0.115. The number of carbonyl (C=O) groups is 1. The quantitative estimate of drug-likeness (QED) is 0.824. The van der Waals surface area contributed by atoms with Crippen LogP contribution in [-0.2, 0) is 4.79 Å². The lowest BCUT2D eigenvalue weighted by atomic mass is 10.2. The van der Waals surface area contributed by atoms with E-state index in [2.05, 4.69) is 5.32 Å². The van der Waals surface area contributed by atoms with Crippen molar-refractivity contribution in [2.45, 2.75) is 27.2 Å². The molecule has 3 nitrogen and oxygen atoms in total. The predicted octanol–water partition coefficient (Wildman–Crippen LogP) is 4.81. The molecule has 0 aromatic heterocycles. The zero-order chi connectivity index (χ0) is 16.8. The predicted molar refractivity (Wildman–Crippen MR) is 98.5 cm³/mol. The molecule has 1 amide bonds. The van der Waals surface area contributed by atoms with E-state index in [1.165, 1.54) is 0 Å². The minimum atomic E-state index is 0.115. The summed E-state index contributed by atoms with van der Waals surface area (Å²) in [6.45, 7) is 7.24. The Hall–Kier alpha value is -2.00. The first-order chi connectivity index (χ1) is 11.0. The fraction of sp³-hybridized carbons (Fsp3) is 0.316. The highest BCUT2D eigenvalue weighted by atomic mass is 35.5. The van der Waals surface area contributed by atoms with Gasteiger partial charge in [-0.1, -0.05) is 29.8 Å². The van der Waals surface area contributed by atoms with Crippen molar-refractivity contribution in [3.63, 3.8) is 0 Å². The summed E-state index contributed by atoms with van der Waals surface area (Å²) in [6.07, 6.45) is 0.438. The maximum atomic E-state index is 12.5. The highest BCUT2D eigenvalue weighted by Crippen LogP contribution is 2.20. The van der Waals surface area contributed by atoms with Gasteiger partial charge in [0.25, 0.3) is 0 Å². The Morgan fingerprint density at radius 3 is 2.61 bits per heavy atom. The Morgan fingerprint density at radius 2 is 1.96 bits per heavy atom. The molecule has 2 aromatic carbocycles. The minimum Gasteiger partial charge on any atom is -0.384 e. The zero-order valence-electron chi connectivity index (χ0n) is 13.9. The number of nitrogens with zero attached hydrogens (tertiary/aromatic N) is 1. The highest BCUT2D eigenvalue weighted by molar-refractivity contribution is 6.31. The Bertz CT molecular complexity index is 685. The molecule has 2 rings (SSSR count). The van der Waals surface area contributed by atoms with Crippen LogP contribution in [0.1, 0.15) is 24.5 Å². The number of aryl methyl sites for hydroxylation is 2. The molecule has 0 fully saturated rings. The van der Waals surface area contributed by atoms with Gasteiger partial charge >= 0.3 is 0 Å². The van der Waals surface area contributed by atoms with E-state index in [1.807, 2.05) is 68.1 Å². The molecule has 4 heteroatoms. The van der Waals surface area contributed by atoms with E-state index in [4.69, 9.17) is 11.6 Å². The zero-order valence-corrected chi connectivity index (χ0v) is 14.7. The normalized spacial score (nSPS) is 10.4. The van der Waals surface area contributed by atoms with Gasteiger partial charge in [0.15, 0.2) is 0 Å². The molecule has 0 unspecified atom stereocenters. The molecule has 122 valence electrons. The summed E-state index contributed by atoms with van der Waals surface area (Å²) in [5, 5.41) is 3.99. The third-order valence-corrected chi connectivity index (χ3v) is 4.18. The number of benzene rings is 2. The monoisotopic (exact) mass is 330 g/mol. The largest absolute Gasteiger partial charge is 0.384 e. The van der Waals surface area contributed by atoms with E-state index in [0.29, 0.717) is 19.5 Å². The Kier molecular flexibility index (Phi) is 6.05. The molecule has 23 heavy (non-hydrogen) atoms. The Labute approximate surface area is 143 Å². The molecule has 0 saturated heterocycles. The van der Waals surface area contributed by atoms with Crippen LogP contribution >= 0.6 is 11.6 Å². The Balaban J connectivity index is 1.93. The highest BCUT2D eigenvalue weighted by Gasteiger charge is 2.13. The van der Waals surface area contributed by atoms with Gasteiger partial charge in [-0.05, 0) is 56.2 Å². The summed E-state index contributed by atoms with van der Waals surface area (Å²) in [7, 11) is 0. The molecule has 0 heterocycles. The van der Waals surface area contributed by atoms with E-state index >= 15 is 0 Å². The van der Waals surface area contributed by atoms with Crippen LogP contribution in [0.5, 0.6) is 0 Å². The first kappa shape index (κ1) is 17.4. The van der Waals surface area contributed by atoms with E-state index in [-0.39, 0.29) is 5.91 Å². The van der Waals surface area contributed by atoms with E-state index < -0.39 is 0 Å². The molecule has 0 atom stereocenters. The molecular weight excluding hydrogens is 308 g/mol. The van der Waals surface area contributed by atoms with Crippen molar-refractivity contribution >= 4 is 28.9 Å². The lowest BCUT2D eigenvalue weighted by molar-refractivity contribution is -0.118. The van der Waals surface area contributed by atoms with Gasteiger partial charge in [0, 0.05) is 35.9 Å². The van der Waals surface area contributed by atoms with Crippen molar-refractivity contribution in [2.24, 2.45) is 0 Å². The van der Waals surface area contributed by atoms with Gasteiger partial charge in [-0.25, -0.2) is 0 Å². The number of halogens is 1. The molecule has 0 aliphatic carbocycles. The average Bonchev–Trinajstić information content (AvgIpc) is 2.52. The van der Waals surface area contributed by atoms with Crippen molar-refractivity contribution in [1.82, 2.24) is 0 Å². The number of hydrogen-bond acceptors (Lipinski definition) is 2. The molecule has 0 aliphatic rings. The van der Waals surface area contributed by atoms with E-state index in [0.717, 1.165) is 27.5 Å². The van der Waals surface area contributed by atoms with Crippen LogP contribution in [0, 0.1) is 13.8 Å². The molecule has 0 saturated carbocycles. The summed E-state index contributed by atoms with van der Waals surface area (Å²) >= 11 is 6.11. The second-order valence-electron chi connectivity index (χ2n) is 5.62. The summed E-state index contributed by atoms with van der Waals surface area (Å²) in [5.41, 5.74) is 4.09. The molecule has 1 N–H and O–H groups in total. The van der Waals surface area contributed by atoms with Crippen molar-refractivity contribution in [3.05, 3.63) is 58.6 Å². The standard InChI is InChI=1S/C19H23ClN2O/c1-4-22(17-7-5-6-14(2)12-17)19(23)10-11-21-16-9-8-15(3)18(20)13-16/h5-9,12-13,21H,4,10-11H2,1-3H3. The second-order valence-corrected chi connectivity index (χ2v) is 6.02. The smallest absolute Gasteiger partial charge is 0.228 e. The number of carbonyl (C=O) groups excluding carboxylic acids is 1. The number of hydrogen-bond donors (Lipinski definition) is 1. The van der Waals surface area contributed by atoms with Crippen LogP contribution in [-0.4, -0.2) is 19.0 Å². The van der Waals surface area contributed by atoms with Crippen LogP contribution < -0.4 is 10.2 Å². The van der Waals surface area contributed by atoms with Crippen molar-refractivity contribution in [3.8, 4) is 0 Å². The molecule has 0 aliphatic heterocycles. The third-order valence-electron chi connectivity index (χ3n) is 3.77. The lowest BCUT2D eigenvalue weighted by Gasteiger charge is -2.21. The Morgan fingerprint density at radius 1 is 1.17 bits per heavy atom. The molecular formula is C19H23ClN2O. The number of nitrogens with one attached hydrogen (secondary N) is 1. The summed E-state index contributed by atoms with van der Waals surface area (Å²) < 4.78 is 0. The van der Waals surface area contributed by atoms with Gasteiger partial charge in [0.05, 0.1) is 0 Å². The molecule has 0 radical (unpaired) electrons. The maximum Gasteiger partial charge on any atom is 0.228 e. The van der Waals surface area contributed by atoms with Crippen molar-refractivity contribution in [2.75, 3.05) is 23.3 Å². The van der Waals surface area contributed by atoms with Crippen molar-refractivity contribution < 1.29 is 4.79 Å².